The van der Waals surface area contributed by atoms with Crippen molar-refractivity contribution in [2.24, 2.45) is 0 Å². The second-order valence-electron chi connectivity index (χ2n) is 8.36. The van der Waals surface area contributed by atoms with Crippen molar-refractivity contribution in [2.75, 3.05) is 18.4 Å². The normalized spacial score (nSPS) is 17.5. The zero-order valence-corrected chi connectivity index (χ0v) is 17.2. The first kappa shape index (κ1) is 20.0. The molecule has 4 rings (SSSR count). The van der Waals surface area contributed by atoms with Gasteiger partial charge in [0.2, 0.25) is 5.91 Å². The van der Waals surface area contributed by atoms with Gasteiger partial charge in [0.05, 0.1) is 6.10 Å². The molecule has 4 nitrogen and oxygen atoms in total. The van der Waals surface area contributed by atoms with Crippen molar-refractivity contribution in [1.29, 1.82) is 0 Å². The van der Waals surface area contributed by atoms with Crippen LogP contribution in [0.1, 0.15) is 56.1 Å². The molecule has 1 N–H and O–H groups in total. The molecule has 4 heteroatoms. The molecule has 0 bridgehead atoms. The SMILES string of the molecule is O=C(CCc1cccc(OC2CCCC2)c1)Nc1ccccc1CN1CCCC1. The molecular weight excluding hydrogens is 360 g/mol. The van der Waals surface area contributed by atoms with Gasteiger partial charge in [-0.2, -0.15) is 0 Å². The zero-order valence-electron chi connectivity index (χ0n) is 17.2. The van der Waals surface area contributed by atoms with E-state index in [9.17, 15) is 4.79 Å². The molecule has 1 aliphatic carbocycles. The Morgan fingerprint density at radius 1 is 1.00 bits per heavy atom. The smallest absolute Gasteiger partial charge is 0.224 e. The van der Waals surface area contributed by atoms with Crippen LogP contribution in [0.5, 0.6) is 5.75 Å². The standard InChI is InChI=1S/C25H32N2O2/c28-25(26-24-13-4-1-9-21(24)19-27-16-5-6-17-27)15-14-20-8-7-12-23(18-20)29-22-10-2-3-11-22/h1,4,7-9,12-13,18,22H,2-3,5-6,10-11,14-17,19H2,(H,26,28). The number of ether oxygens (including phenoxy) is 1. The zero-order chi connectivity index (χ0) is 19.9. The number of likely N-dealkylation sites (tertiary alicyclic amines) is 1. The van der Waals surface area contributed by atoms with Crippen molar-refractivity contribution in [3.8, 4) is 5.75 Å². The van der Waals surface area contributed by atoms with Crippen molar-refractivity contribution in [2.45, 2.75) is 64.0 Å². The molecule has 0 spiro atoms. The Hall–Kier alpha value is -2.33. The van der Waals surface area contributed by atoms with Crippen LogP contribution in [0.25, 0.3) is 0 Å². The number of aryl methyl sites for hydroxylation is 1. The van der Waals surface area contributed by atoms with Gasteiger partial charge in [0.25, 0.3) is 0 Å². The molecule has 0 aromatic heterocycles. The minimum atomic E-state index is 0.0704. The van der Waals surface area contributed by atoms with Gasteiger partial charge in [-0.3, -0.25) is 9.69 Å². The number of carbonyl (C=O) groups excluding carboxylic acids is 1. The summed E-state index contributed by atoms with van der Waals surface area (Å²) >= 11 is 0. The number of amides is 1. The lowest BCUT2D eigenvalue weighted by Gasteiger charge is -2.18. The molecule has 1 amide bonds. The summed E-state index contributed by atoms with van der Waals surface area (Å²) in [7, 11) is 0. The summed E-state index contributed by atoms with van der Waals surface area (Å²) in [6, 6.07) is 16.4. The Labute approximate surface area is 174 Å². The molecule has 0 atom stereocenters. The topological polar surface area (TPSA) is 41.6 Å². The van der Waals surface area contributed by atoms with E-state index in [1.165, 1.54) is 31.2 Å². The number of carbonyl (C=O) groups is 1. The lowest BCUT2D eigenvalue weighted by molar-refractivity contribution is -0.116. The maximum Gasteiger partial charge on any atom is 0.224 e. The fraction of sp³-hybridized carbons (Fsp3) is 0.480. The summed E-state index contributed by atoms with van der Waals surface area (Å²) in [6.45, 7) is 3.22. The fourth-order valence-corrected chi connectivity index (χ4v) is 4.41. The van der Waals surface area contributed by atoms with E-state index >= 15 is 0 Å². The van der Waals surface area contributed by atoms with Gasteiger partial charge in [0.15, 0.2) is 0 Å². The Kier molecular flexibility index (Phi) is 6.83. The summed E-state index contributed by atoms with van der Waals surface area (Å²) in [5.74, 6) is 1.01. The van der Waals surface area contributed by atoms with Crippen molar-refractivity contribution in [3.05, 3.63) is 59.7 Å². The second kappa shape index (κ2) is 9.93. The predicted molar refractivity (Wildman–Crippen MR) is 117 cm³/mol. The van der Waals surface area contributed by atoms with E-state index in [0.29, 0.717) is 12.5 Å². The highest BCUT2D eigenvalue weighted by Gasteiger charge is 2.17. The first-order valence-electron chi connectivity index (χ1n) is 11.1. The molecule has 29 heavy (non-hydrogen) atoms. The highest BCUT2D eigenvalue weighted by Crippen LogP contribution is 2.25. The molecule has 1 heterocycles. The van der Waals surface area contributed by atoms with Crippen molar-refractivity contribution < 1.29 is 9.53 Å². The predicted octanol–water partition coefficient (Wildman–Crippen LogP) is 5.18. The second-order valence-corrected chi connectivity index (χ2v) is 8.36. The van der Waals surface area contributed by atoms with E-state index in [2.05, 4.69) is 34.5 Å². The summed E-state index contributed by atoms with van der Waals surface area (Å²) in [5, 5.41) is 3.13. The average Bonchev–Trinajstić information content (AvgIpc) is 3.43. The minimum absolute atomic E-state index is 0.0704. The van der Waals surface area contributed by atoms with Gasteiger partial charge in [-0.25, -0.2) is 0 Å². The van der Waals surface area contributed by atoms with Crippen LogP contribution in [-0.4, -0.2) is 30.0 Å². The third-order valence-corrected chi connectivity index (χ3v) is 6.03. The van der Waals surface area contributed by atoms with Crippen LogP contribution in [0, 0.1) is 0 Å². The quantitative estimate of drug-likeness (QED) is 0.673. The Morgan fingerprint density at radius 2 is 1.79 bits per heavy atom. The lowest BCUT2D eigenvalue weighted by atomic mass is 10.1. The fourth-order valence-electron chi connectivity index (χ4n) is 4.41. The number of hydrogen-bond acceptors (Lipinski definition) is 3. The maximum absolute atomic E-state index is 12.6. The number of nitrogens with one attached hydrogen (secondary N) is 1. The third kappa shape index (κ3) is 5.83. The van der Waals surface area contributed by atoms with Crippen LogP contribution in [0.2, 0.25) is 0 Å². The largest absolute Gasteiger partial charge is 0.490 e. The molecule has 0 radical (unpaired) electrons. The molecule has 0 unspecified atom stereocenters. The lowest BCUT2D eigenvalue weighted by Crippen LogP contribution is -2.20. The average molecular weight is 393 g/mol. The highest BCUT2D eigenvalue weighted by molar-refractivity contribution is 5.91. The van der Waals surface area contributed by atoms with Gasteiger partial charge in [-0.1, -0.05) is 30.3 Å². The van der Waals surface area contributed by atoms with E-state index in [1.807, 2.05) is 24.3 Å². The summed E-state index contributed by atoms with van der Waals surface area (Å²) < 4.78 is 6.09. The van der Waals surface area contributed by atoms with E-state index in [4.69, 9.17) is 4.74 Å². The number of benzene rings is 2. The van der Waals surface area contributed by atoms with E-state index < -0.39 is 0 Å². The molecule has 2 fully saturated rings. The van der Waals surface area contributed by atoms with Crippen LogP contribution in [0.15, 0.2) is 48.5 Å². The van der Waals surface area contributed by atoms with Gasteiger partial charge >= 0.3 is 0 Å². The first-order valence-corrected chi connectivity index (χ1v) is 11.1. The Morgan fingerprint density at radius 3 is 2.62 bits per heavy atom. The van der Waals surface area contributed by atoms with E-state index in [-0.39, 0.29) is 5.91 Å². The molecule has 2 aliphatic rings. The number of hydrogen-bond donors (Lipinski definition) is 1. The summed E-state index contributed by atoms with van der Waals surface area (Å²) in [6.07, 6.45) is 8.96. The summed E-state index contributed by atoms with van der Waals surface area (Å²) in [5.41, 5.74) is 3.30. The number of rotatable bonds is 8. The van der Waals surface area contributed by atoms with Crippen LogP contribution in [-0.2, 0) is 17.8 Å². The molecule has 2 aromatic carbocycles. The number of anilines is 1. The number of nitrogens with zero attached hydrogens (tertiary/aromatic N) is 1. The Bertz CT molecular complexity index is 808. The van der Waals surface area contributed by atoms with E-state index in [0.717, 1.165) is 55.9 Å². The molecular formula is C25H32N2O2. The monoisotopic (exact) mass is 392 g/mol. The van der Waals surface area contributed by atoms with Gasteiger partial charge in [-0.05, 0) is 87.4 Å². The minimum Gasteiger partial charge on any atom is -0.490 e. The van der Waals surface area contributed by atoms with Crippen molar-refractivity contribution >= 4 is 11.6 Å². The Balaban J connectivity index is 1.30. The highest BCUT2D eigenvalue weighted by atomic mass is 16.5. The van der Waals surface area contributed by atoms with Crippen LogP contribution < -0.4 is 10.1 Å². The molecule has 2 aromatic rings. The van der Waals surface area contributed by atoms with E-state index in [1.54, 1.807) is 0 Å². The summed E-state index contributed by atoms with van der Waals surface area (Å²) in [4.78, 5) is 15.0. The van der Waals surface area contributed by atoms with Gasteiger partial charge in [0.1, 0.15) is 5.75 Å². The molecule has 1 aliphatic heterocycles. The van der Waals surface area contributed by atoms with Crippen molar-refractivity contribution in [1.82, 2.24) is 4.90 Å². The van der Waals surface area contributed by atoms with Crippen molar-refractivity contribution in [3.63, 3.8) is 0 Å². The van der Waals surface area contributed by atoms with Gasteiger partial charge in [0, 0.05) is 18.7 Å². The molecule has 1 saturated heterocycles. The third-order valence-electron chi connectivity index (χ3n) is 6.03. The van der Waals surface area contributed by atoms with Gasteiger partial charge in [-0.15, -0.1) is 0 Å². The van der Waals surface area contributed by atoms with Crippen LogP contribution >= 0.6 is 0 Å². The van der Waals surface area contributed by atoms with Crippen LogP contribution in [0.4, 0.5) is 5.69 Å². The molecule has 1 saturated carbocycles. The molecule has 154 valence electrons. The maximum atomic E-state index is 12.6. The number of para-hydroxylation sites is 1. The van der Waals surface area contributed by atoms with Crippen LogP contribution in [0.3, 0.4) is 0 Å². The van der Waals surface area contributed by atoms with Gasteiger partial charge < -0.3 is 10.1 Å². The first-order chi connectivity index (χ1) is 14.3.